The SMILES string of the molecule is CC(=O)Oc1cc(C(F)(F)F)cc(N)n1. The molecule has 0 bridgehead atoms. The number of carbonyl (C=O) groups is 1. The maximum absolute atomic E-state index is 12.3. The van der Waals surface area contributed by atoms with Crippen molar-refractivity contribution in [2.75, 3.05) is 5.73 Å². The number of rotatable bonds is 1. The first-order chi connectivity index (χ1) is 6.79. The lowest BCUT2D eigenvalue weighted by Crippen LogP contribution is -2.10. The van der Waals surface area contributed by atoms with Gasteiger partial charge in [-0.15, -0.1) is 0 Å². The number of nitrogens with two attached hydrogens (primary N) is 1. The third-order valence-corrected chi connectivity index (χ3v) is 1.40. The molecule has 1 heterocycles. The van der Waals surface area contributed by atoms with Crippen LogP contribution in [0.3, 0.4) is 0 Å². The summed E-state index contributed by atoms with van der Waals surface area (Å²) >= 11 is 0. The summed E-state index contributed by atoms with van der Waals surface area (Å²) in [6.07, 6.45) is -4.55. The Morgan fingerprint density at radius 1 is 1.47 bits per heavy atom. The van der Waals surface area contributed by atoms with Crippen LogP contribution in [-0.2, 0) is 11.0 Å². The number of carbonyl (C=O) groups excluding carboxylic acids is 1. The van der Waals surface area contributed by atoms with Crippen LogP contribution in [-0.4, -0.2) is 11.0 Å². The van der Waals surface area contributed by atoms with Crippen molar-refractivity contribution >= 4 is 11.8 Å². The number of alkyl halides is 3. The van der Waals surface area contributed by atoms with E-state index in [4.69, 9.17) is 5.73 Å². The Balaban J connectivity index is 3.11. The highest BCUT2D eigenvalue weighted by Crippen LogP contribution is 2.31. The van der Waals surface area contributed by atoms with E-state index in [9.17, 15) is 18.0 Å². The molecule has 0 radical (unpaired) electrons. The zero-order valence-corrected chi connectivity index (χ0v) is 7.63. The molecule has 0 aliphatic carbocycles. The molecular formula is C8H7F3N2O2. The predicted molar refractivity (Wildman–Crippen MR) is 45.0 cm³/mol. The number of esters is 1. The summed E-state index contributed by atoms with van der Waals surface area (Å²) in [4.78, 5) is 13.9. The Kier molecular flexibility index (Phi) is 2.83. The van der Waals surface area contributed by atoms with Crippen molar-refractivity contribution in [2.45, 2.75) is 13.1 Å². The van der Waals surface area contributed by atoms with E-state index in [0.717, 1.165) is 6.92 Å². The van der Waals surface area contributed by atoms with Crippen LogP contribution in [0.25, 0.3) is 0 Å². The topological polar surface area (TPSA) is 65.2 Å². The smallest absolute Gasteiger partial charge is 0.408 e. The van der Waals surface area contributed by atoms with Crippen LogP contribution >= 0.6 is 0 Å². The largest absolute Gasteiger partial charge is 0.416 e. The molecule has 0 unspecified atom stereocenters. The molecule has 82 valence electrons. The van der Waals surface area contributed by atoms with Crippen LogP contribution < -0.4 is 10.5 Å². The zero-order valence-electron chi connectivity index (χ0n) is 7.63. The van der Waals surface area contributed by atoms with Gasteiger partial charge in [-0.2, -0.15) is 18.2 Å². The fraction of sp³-hybridized carbons (Fsp3) is 0.250. The van der Waals surface area contributed by atoms with Gasteiger partial charge in [0.15, 0.2) is 0 Å². The highest BCUT2D eigenvalue weighted by molar-refractivity contribution is 5.69. The number of aromatic nitrogens is 1. The Bertz CT molecular complexity index is 390. The van der Waals surface area contributed by atoms with Crippen molar-refractivity contribution in [3.05, 3.63) is 17.7 Å². The summed E-state index contributed by atoms with van der Waals surface area (Å²) in [6.45, 7) is 1.05. The molecule has 0 aromatic carbocycles. The van der Waals surface area contributed by atoms with Gasteiger partial charge in [0.1, 0.15) is 5.82 Å². The lowest BCUT2D eigenvalue weighted by Gasteiger charge is -2.08. The van der Waals surface area contributed by atoms with Gasteiger partial charge in [-0.25, -0.2) is 0 Å². The monoisotopic (exact) mass is 220 g/mol. The molecule has 0 atom stereocenters. The van der Waals surface area contributed by atoms with Crippen LogP contribution in [0.15, 0.2) is 12.1 Å². The molecule has 2 N–H and O–H groups in total. The van der Waals surface area contributed by atoms with Crippen LogP contribution in [0.5, 0.6) is 5.88 Å². The summed E-state index contributed by atoms with van der Waals surface area (Å²) in [5.41, 5.74) is 4.12. The molecule has 7 heteroatoms. The number of hydrogen-bond acceptors (Lipinski definition) is 4. The number of nitrogen functional groups attached to an aromatic ring is 1. The second kappa shape index (κ2) is 3.76. The first-order valence-electron chi connectivity index (χ1n) is 3.82. The molecular weight excluding hydrogens is 213 g/mol. The maximum Gasteiger partial charge on any atom is 0.416 e. The first-order valence-corrected chi connectivity index (χ1v) is 3.82. The van der Waals surface area contributed by atoms with Gasteiger partial charge in [0.05, 0.1) is 5.56 Å². The van der Waals surface area contributed by atoms with Gasteiger partial charge in [0.2, 0.25) is 5.88 Å². The summed E-state index contributed by atoms with van der Waals surface area (Å²) in [7, 11) is 0. The second-order valence-electron chi connectivity index (χ2n) is 2.71. The van der Waals surface area contributed by atoms with Crippen LogP contribution in [0, 0.1) is 0 Å². The Morgan fingerprint density at radius 3 is 2.53 bits per heavy atom. The zero-order chi connectivity index (χ0) is 11.6. The highest BCUT2D eigenvalue weighted by Gasteiger charge is 2.31. The molecule has 1 aromatic rings. The average molecular weight is 220 g/mol. The lowest BCUT2D eigenvalue weighted by molar-refractivity contribution is -0.138. The molecule has 0 amide bonds. The van der Waals surface area contributed by atoms with Gasteiger partial charge >= 0.3 is 12.1 Å². The van der Waals surface area contributed by atoms with Gasteiger partial charge in [0, 0.05) is 13.0 Å². The molecule has 0 aliphatic heterocycles. The first kappa shape index (κ1) is 11.3. The molecule has 1 aromatic heterocycles. The number of nitrogens with zero attached hydrogens (tertiary/aromatic N) is 1. The molecule has 4 nitrogen and oxygen atoms in total. The van der Waals surface area contributed by atoms with Gasteiger partial charge in [0.25, 0.3) is 0 Å². The van der Waals surface area contributed by atoms with Gasteiger partial charge < -0.3 is 10.5 Å². The predicted octanol–water partition coefficient (Wildman–Crippen LogP) is 1.61. The van der Waals surface area contributed by atoms with Crippen LogP contribution in [0.1, 0.15) is 12.5 Å². The van der Waals surface area contributed by atoms with E-state index in [1.54, 1.807) is 0 Å². The van der Waals surface area contributed by atoms with E-state index in [0.29, 0.717) is 12.1 Å². The Morgan fingerprint density at radius 2 is 2.07 bits per heavy atom. The third-order valence-electron chi connectivity index (χ3n) is 1.40. The fourth-order valence-electron chi connectivity index (χ4n) is 0.889. The number of anilines is 1. The van der Waals surface area contributed by atoms with E-state index in [1.807, 2.05) is 0 Å². The minimum absolute atomic E-state index is 0.360. The van der Waals surface area contributed by atoms with Crippen molar-refractivity contribution in [3.8, 4) is 5.88 Å². The van der Waals surface area contributed by atoms with Crippen molar-refractivity contribution < 1.29 is 22.7 Å². The molecule has 1 rings (SSSR count). The number of hydrogen-bond donors (Lipinski definition) is 1. The second-order valence-corrected chi connectivity index (χ2v) is 2.71. The third kappa shape index (κ3) is 3.12. The minimum atomic E-state index is -4.55. The average Bonchev–Trinajstić information content (AvgIpc) is 1.99. The Hall–Kier alpha value is -1.79. The maximum atomic E-state index is 12.3. The summed E-state index contributed by atoms with van der Waals surface area (Å²) < 4.78 is 41.2. The van der Waals surface area contributed by atoms with Gasteiger partial charge in [-0.1, -0.05) is 0 Å². The van der Waals surface area contributed by atoms with Crippen molar-refractivity contribution in [3.63, 3.8) is 0 Å². The molecule has 0 saturated heterocycles. The van der Waals surface area contributed by atoms with E-state index < -0.39 is 23.6 Å². The Labute approximate surface area is 82.9 Å². The van der Waals surface area contributed by atoms with E-state index in [-0.39, 0.29) is 5.82 Å². The number of pyridine rings is 1. The van der Waals surface area contributed by atoms with Crippen molar-refractivity contribution in [2.24, 2.45) is 0 Å². The molecule has 0 aliphatic rings. The molecule has 0 spiro atoms. The standard InChI is InChI=1S/C8H7F3N2O2/c1-4(14)15-7-3-5(8(9,10)11)2-6(12)13-7/h2-3H,1H3,(H2,12,13). The van der Waals surface area contributed by atoms with Gasteiger partial charge in [-0.3, -0.25) is 4.79 Å². The van der Waals surface area contributed by atoms with Crippen LogP contribution in [0.2, 0.25) is 0 Å². The summed E-state index contributed by atoms with van der Waals surface area (Å²) in [5.74, 6) is -1.59. The minimum Gasteiger partial charge on any atom is -0.408 e. The van der Waals surface area contributed by atoms with Crippen LogP contribution in [0.4, 0.5) is 19.0 Å². The van der Waals surface area contributed by atoms with E-state index in [2.05, 4.69) is 9.72 Å². The molecule has 0 fully saturated rings. The number of halogens is 3. The van der Waals surface area contributed by atoms with E-state index >= 15 is 0 Å². The molecule has 0 saturated carbocycles. The summed E-state index contributed by atoms with van der Waals surface area (Å²) in [5, 5.41) is 0. The normalized spacial score (nSPS) is 11.2. The van der Waals surface area contributed by atoms with Gasteiger partial charge in [-0.05, 0) is 6.07 Å². The highest BCUT2D eigenvalue weighted by atomic mass is 19.4. The molecule has 15 heavy (non-hydrogen) atoms. The number of ether oxygens (including phenoxy) is 1. The summed E-state index contributed by atoms with van der Waals surface area (Å²) in [6, 6.07) is 1.27. The van der Waals surface area contributed by atoms with Crippen molar-refractivity contribution in [1.29, 1.82) is 0 Å². The quantitative estimate of drug-likeness (QED) is 0.730. The fourth-order valence-corrected chi connectivity index (χ4v) is 0.889. The van der Waals surface area contributed by atoms with Crippen molar-refractivity contribution in [1.82, 2.24) is 4.98 Å². The van der Waals surface area contributed by atoms with E-state index in [1.165, 1.54) is 0 Å². The lowest BCUT2D eigenvalue weighted by atomic mass is 10.2.